The predicted octanol–water partition coefficient (Wildman–Crippen LogP) is 1.85. The number of nitrogens with one attached hydrogen (secondary N) is 1. The summed E-state index contributed by atoms with van der Waals surface area (Å²) in [6.45, 7) is 6.05. The lowest BCUT2D eigenvalue weighted by Crippen LogP contribution is -2.40. The van der Waals surface area contributed by atoms with E-state index in [1.165, 1.54) is 4.63 Å². The molecule has 4 aromatic rings. The highest BCUT2D eigenvalue weighted by Gasteiger charge is 2.26. The number of anilines is 1. The highest BCUT2D eigenvalue weighted by Crippen LogP contribution is 2.23. The van der Waals surface area contributed by atoms with Crippen LogP contribution in [-0.2, 0) is 11.3 Å². The van der Waals surface area contributed by atoms with E-state index < -0.39 is 0 Å². The number of nitrogens with zero attached hydrogens (tertiary/aromatic N) is 8. The number of piperidine rings is 1. The minimum atomic E-state index is -0.00667. The summed E-state index contributed by atoms with van der Waals surface area (Å²) in [6.07, 6.45) is 1.56. The quantitative estimate of drug-likeness (QED) is 0.514. The number of para-hydroxylation sites is 1. The normalized spacial score (nSPS) is 14.8. The number of fused-ring (bicyclic) bond motifs is 1. The van der Waals surface area contributed by atoms with Crippen molar-refractivity contribution in [2.24, 2.45) is 5.92 Å². The molecule has 5 rings (SSSR count). The van der Waals surface area contributed by atoms with Gasteiger partial charge >= 0.3 is 0 Å². The molecule has 164 valence electrons. The molecule has 0 saturated carbocycles. The molecule has 3 aromatic heterocycles. The fraction of sp³-hybridized carbons (Fsp3) is 0.364. The van der Waals surface area contributed by atoms with Gasteiger partial charge in [0, 0.05) is 36.8 Å². The summed E-state index contributed by atoms with van der Waals surface area (Å²) in [5, 5.41) is 23.6. The molecule has 0 bridgehead atoms. The van der Waals surface area contributed by atoms with Gasteiger partial charge < -0.3 is 10.2 Å². The van der Waals surface area contributed by atoms with Crippen molar-refractivity contribution in [2.45, 2.75) is 33.2 Å². The van der Waals surface area contributed by atoms with Crippen molar-refractivity contribution < 1.29 is 4.79 Å². The predicted molar refractivity (Wildman–Crippen MR) is 118 cm³/mol. The second kappa shape index (κ2) is 8.37. The van der Waals surface area contributed by atoms with Gasteiger partial charge in [0.1, 0.15) is 0 Å². The number of aromatic nitrogens is 7. The Bertz CT molecular complexity index is 1240. The molecule has 0 spiro atoms. The van der Waals surface area contributed by atoms with Crippen LogP contribution in [0, 0.1) is 19.8 Å². The molecule has 32 heavy (non-hydrogen) atoms. The number of rotatable bonds is 5. The first-order chi connectivity index (χ1) is 15.6. The maximum Gasteiger partial charge on any atom is 0.223 e. The molecule has 1 amide bonds. The maximum absolute atomic E-state index is 12.9. The highest BCUT2D eigenvalue weighted by atomic mass is 16.1. The van der Waals surface area contributed by atoms with Gasteiger partial charge in [0.15, 0.2) is 11.5 Å². The molecule has 1 aliphatic heterocycles. The molecule has 1 fully saturated rings. The highest BCUT2D eigenvalue weighted by molar-refractivity contribution is 5.79. The summed E-state index contributed by atoms with van der Waals surface area (Å²) in [6, 6.07) is 13.8. The van der Waals surface area contributed by atoms with Crippen LogP contribution in [0.3, 0.4) is 0 Å². The van der Waals surface area contributed by atoms with Gasteiger partial charge in [0.25, 0.3) is 0 Å². The molecule has 0 unspecified atom stereocenters. The van der Waals surface area contributed by atoms with Gasteiger partial charge in [0.05, 0.1) is 11.4 Å². The lowest BCUT2D eigenvalue weighted by molar-refractivity contribution is -0.125. The number of carbonyl (C=O) groups excluding carboxylic acids is 1. The van der Waals surface area contributed by atoms with Crippen molar-refractivity contribution >= 4 is 17.4 Å². The molecular formula is C22H25N9O. The van der Waals surface area contributed by atoms with Crippen LogP contribution in [0.5, 0.6) is 0 Å². The van der Waals surface area contributed by atoms with E-state index in [1.54, 1.807) is 0 Å². The molecule has 1 aliphatic rings. The van der Waals surface area contributed by atoms with Gasteiger partial charge in [-0.2, -0.15) is 5.10 Å². The average molecular weight is 432 g/mol. The van der Waals surface area contributed by atoms with Gasteiger partial charge in [-0.05, 0) is 61.4 Å². The van der Waals surface area contributed by atoms with Crippen LogP contribution >= 0.6 is 0 Å². The molecule has 10 heteroatoms. The molecule has 0 radical (unpaired) electrons. The molecule has 1 saturated heterocycles. The molecule has 1 aromatic carbocycles. The number of hydrogen-bond donors (Lipinski definition) is 1. The van der Waals surface area contributed by atoms with Gasteiger partial charge in [-0.25, -0.2) is 4.68 Å². The van der Waals surface area contributed by atoms with Gasteiger partial charge in [0.2, 0.25) is 5.91 Å². The Labute approximate surface area is 185 Å². The van der Waals surface area contributed by atoms with Crippen molar-refractivity contribution in [1.82, 2.24) is 40.4 Å². The van der Waals surface area contributed by atoms with E-state index in [4.69, 9.17) is 0 Å². The Morgan fingerprint density at radius 3 is 2.62 bits per heavy atom. The van der Waals surface area contributed by atoms with Crippen LogP contribution < -0.4 is 10.2 Å². The second-order valence-corrected chi connectivity index (χ2v) is 8.09. The smallest absolute Gasteiger partial charge is 0.223 e. The number of hydrogen-bond acceptors (Lipinski definition) is 7. The zero-order chi connectivity index (χ0) is 22.1. The van der Waals surface area contributed by atoms with Crippen molar-refractivity contribution in [3.63, 3.8) is 0 Å². The van der Waals surface area contributed by atoms with E-state index in [0.717, 1.165) is 54.4 Å². The Morgan fingerprint density at radius 1 is 1.06 bits per heavy atom. The molecule has 0 aliphatic carbocycles. The molecule has 1 N–H and O–H groups in total. The summed E-state index contributed by atoms with van der Waals surface area (Å²) >= 11 is 0. The van der Waals surface area contributed by atoms with Gasteiger partial charge in [-0.15, -0.1) is 14.8 Å². The monoisotopic (exact) mass is 431 g/mol. The Hall–Kier alpha value is -3.82. The van der Waals surface area contributed by atoms with Crippen molar-refractivity contribution in [1.29, 1.82) is 0 Å². The molecule has 0 atom stereocenters. The number of amides is 1. The molecule has 10 nitrogen and oxygen atoms in total. The zero-order valence-electron chi connectivity index (χ0n) is 18.1. The van der Waals surface area contributed by atoms with E-state index in [1.807, 2.05) is 61.0 Å². The summed E-state index contributed by atoms with van der Waals surface area (Å²) in [5.41, 5.74) is 4.69. The minimum Gasteiger partial charge on any atom is -0.355 e. The largest absolute Gasteiger partial charge is 0.355 e. The molecular weight excluding hydrogens is 406 g/mol. The third-order valence-corrected chi connectivity index (χ3v) is 6.13. The summed E-state index contributed by atoms with van der Waals surface area (Å²) in [5.74, 6) is 0.913. The van der Waals surface area contributed by atoms with Crippen LogP contribution in [0.4, 0.5) is 5.82 Å². The lowest BCUT2D eigenvalue weighted by Gasteiger charge is -2.31. The first-order valence-corrected chi connectivity index (χ1v) is 10.8. The Kier molecular flexibility index (Phi) is 5.26. The topological polar surface area (TPSA) is 106 Å². The lowest BCUT2D eigenvalue weighted by atomic mass is 9.95. The van der Waals surface area contributed by atoms with E-state index in [-0.39, 0.29) is 11.8 Å². The second-order valence-electron chi connectivity index (χ2n) is 8.09. The summed E-state index contributed by atoms with van der Waals surface area (Å²) in [7, 11) is 0. The summed E-state index contributed by atoms with van der Waals surface area (Å²) in [4.78, 5) is 15.0. The SMILES string of the molecule is Cc1nn(-c2ccccc2)c(C)c1CNC(=O)C1CCN(c2ccc3nnnn3n2)CC1. The fourth-order valence-electron chi connectivity index (χ4n) is 4.25. The zero-order valence-corrected chi connectivity index (χ0v) is 18.1. The number of aryl methyl sites for hydroxylation is 1. The van der Waals surface area contributed by atoms with Crippen LogP contribution in [0.15, 0.2) is 42.5 Å². The van der Waals surface area contributed by atoms with E-state index in [9.17, 15) is 4.79 Å². The Morgan fingerprint density at radius 2 is 1.84 bits per heavy atom. The standard InChI is InChI=1S/C22H25N9O/c1-15-19(16(2)30(25-15)18-6-4-3-5-7-18)14-23-22(32)17-10-12-29(13-11-17)21-9-8-20-24-27-28-31(20)26-21/h3-9,17H,10-14H2,1-2H3,(H,23,32). The van der Waals surface area contributed by atoms with Crippen LogP contribution in [0.25, 0.3) is 11.3 Å². The van der Waals surface area contributed by atoms with Crippen molar-refractivity contribution in [3.05, 3.63) is 59.4 Å². The number of benzene rings is 1. The number of carbonyl (C=O) groups is 1. The van der Waals surface area contributed by atoms with Crippen LogP contribution in [0.2, 0.25) is 0 Å². The minimum absolute atomic E-state index is 0.00667. The first kappa shape index (κ1) is 20.1. The van der Waals surface area contributed by atoms with Crippen LogP contribution in [-0.4, -0.2) is 54.0 Å². The third kappa shape index (κ3) is 3.79. The van der Waals surface area contributed by atoms with Crippen LogP contribution in [0.1, 0.15) is 29.8 Å². The van der Waals surface area contributed by atoms with E-state index in [2.05, 4.69) is 35.9 Å². The maximum atomic E-state index is 12.9. The average Bonchev–Trinajstić information content (AvgIpc) is 3.41. The van der Waals surface area contributed by atoms with Gasteiger partial charge in [-0.3, -0.25) is 4.79 Å². The molecule has 4 heterocycles. The van der Waals surface area contributed by atoms with E-state index in [0.29, 0.717) is 12.2 Å². The van der Waals surface area contributed by atoms with E-state index >= 15 is 0 Å². The first-order valence-electron chi connectivity index (χ1n) is 10.8. The van der Waals surface area contributed by atoms with Crippen molar-refractivity contribution in [2.75, 3.05) is 18.0 Å². The Balaban J connectivity index is 1.19. The van der Waals surface area contributed by atoms with Gasteiger partial charge in [-0.1, -0.05) is 18.2 Å². The third-order valence-electron chi connectivity index (χ3n) is 6.13. The number of tetrazole rings is 1. The fourth-order valence-corrected chi connectivity index (χ4v) is 4.25. The summed E-state index contributed by atoms with van der Waals surface area (Å²) < 4.78 is 3.36. The van der Waals surface area contributed by atoms with Crippen molar-refractivity contribution in [3.8, 4) is 5.69 Å².